The Kier molecular flexibility index (Phi) is 5.82. The SMILES string of the molecule is CCCC(c1nnnn1Cc1cccs1)N1CCN(C(=O)c2ccco2)CC1. The minimum atomic E-state index is -0.0424. The first kappa shape index (κ1) is 18.8. The van der Waals surface area contributed by atoms with Gasteiger partial charge in [-0.15, -0.1) is 16.4 Å². The molecule has 0 radical (unpaired) electrons. The molecule has 28 heavy (non-hydrogen) atoms. The third kappa shape index (κ3) is 4.00. The van der Waals surface area contributed by atoms with E-state index in [4.69, 9.17) is 4.42 Å². The fourth-order valence-corrected chi connectivity index (χ4v) is 4.34. The third-order valence-electron chi connectivity index (χ3n) is 5.08. The van der Waals surface area contributed by atoms with Crippen molar-refractivity contribution in [3.63, 3.8) is 0 Å². The second-order valence-electron chi connectivity index (χ2n) is 6.88. The first-order chi connectivity index (χ1) is 13.8. The molecule has 0 bridgehead atoms. The average Bonchev–Trinajstić information content (AvgIpc) is 3.49. The molecule has 1 aliphatic rings. The maximum Gasteiger partial charge on any atom is 0.289 e. The lowest BCUT2D eigenvalue weighted by Gasteiger charge is -2.38. The Hall–Kier alpha value is -2.52. The molecule has 148 valence electrons. The van der Waals surface area contributed by atoms with E-state index in [1.165, 1.54) is 11.1 Å². The number of hydrogen-bond donors (Lipinski definition) is 0. The van der Waals surface area contributed by atoms with E-state index in [0.717, 1.165) is 31.8 Å². The van der Waals surface area contributed by atoms with Gasteiger partial charge in [0.1, 0.15) is 0 Å². The highest BCUT2D eigenvalue weighted by Gasteiger charge is 2.30. The predicted octanol–water partition coefficient (Wildman–Crippen LogP) is 2.68. The Morgan fingerprint density at radius 3 is 2.79 bits per heavy atom. The first-order valence-electron chi connectivity index (χ1n) is 9.61. The number of thiophene rings is 1. The van der Waals surface area contributed by atoms with Crippen molar-refractivity contribution in [2.24, 2.45) is 0 Å². The van der Waals surface area contributed by atoms with Crippen molar-refractivity contribution in [2.45, 2.75) is 32.4 Å². The van der Waals surface area contributed by atoms with Crippen molar-refractivity contribution in [2.75, 3.05) is 26.2 Å². The molecule has 1 amide bonds. The molecule has 0 spiro atoms. The van der Waals surface area contributed by atoms with Gasteiger partial charge in [-0.1, -0.05) is 19.4 Å². The molecule has 1 atom stereocenters. The van der Waals surface area contributed by atoms with E-state index >= 15 is 0 Å². The van der Waals surface area contributed by atoms with Crippen molar-refractivity contribution in [1.29, 1.82) is 0 Å². The van der Waals surface area contributed by atoms with Crippen molar-refractivity contribution >= 4 is 17.2 Å². The Balaban J connectivity index is 1.45. The van der Waals surface area contributed by atoms with Gasteiger partial charge in [0, 0.05) is 31.1 Å². The van der Waals surface area contributed by atoms with E-state index in [9.17, 15) is 4.79 Å². The molecule has 4 heterocycles. The van der Waals surface area contributed by atoms with Gasteiger partial charge in [-0.2, -0.15) is 0 Å². The molecule has 1 unspecified atom stereocenters. The van der Waals surface area contributed by atoms with Gasteiger partial charge in [-0.25, -0.2) is 4.68 Å². The summed E-state index contributed by atoms with van der Waals surface area (Å²) in [5, 5.41) is 14.6. The Morgan fingerprint density at radius 2 is 2.11 bits per heavy atom. The number of carbonyl (C=O) groups excluding carboxylic acids is 1. The van der Waals surface area contributed by atoms with Gasteiger partial charge >= 0.3 is 0 Å². The molecule has 3 aromatic heterocycles. The van der Waals surface area contributed by atoms with Crippen molar-refractivity contribution < 1.29 is 9.21 Å². The lowest BCUT2D eigenvalue weighted by Crippen LogP contribution is -2.50. The minimum absolute atomic E-state index is 0.0424. The van der Waals surface area contributed by atoms with Gasteiger partial charge in [0.05, 0.1) is 18.8 Å². The minimum Gasteiger partial charge on any atom is -0.459 e. The highest BCUT2D eigenvalue weighted by molar-refractivity contribution is 7.09. The molecule has 0 N–H and O–H groups in total. The summed E-state index contributed by atoms with van der Waals surface area (Å²) in [6.45, 7) is 5.80. The Bertz CT molecular complexity index is 868. The van der Waals surface area contributed by atoms with Crippen LogP contribution in [0.4, 0.5) is 0 Å². The molecule has 1 aliphatic heterocycles. The standard InChI is InChI=1S/C19H24N6O2S/c1-2-5-16(18-20-21-22-25(18)14-15-6-4-13-28-15)23-8-10-24(11-9-23)19(26)17-7-3-12-27-17/h3-4,6-7,12-13,16H,2,5,8-11,14H2,1H3. The number of rotatable bonds is 7. The highest BCUT2D eigenvalue weighted by atomic mass is 32.1. The maximum absolute atomic E-state index is 12.5. The largest absolute Gasteiger partial charge is 0.459 e. The fourth-order valence-electron chi connectivity index (χ4n) is 3.65. The summed E-state index contributed by atoms with van der Waals surface area (Å²) in [5.41, 5.74) is 0. The van der Waals surface area contributed by atoms with E-state index in [1.807, 2.05) is 15.6 Å². The molecule has 8 nitrogen and oxygen atoms in total. The van der Waals surface area contributed by atoms with Crippen LogP contribution in [0.25, 0.3) is 0 Å². The van der Waals surface area contributed by atoms with Crippen molar-refractivity contribution in [1.82, 2.24) is 30.0 Å². The molecular weight excluding hydrogens is 376 g/mol. The van der Waals surface area contributed by atoms with Crippen LogP contribution >= 0.6 is 11.3 Å². The van der Waals surface area contributed by atoms with Gasteiger partial charge < -0.3 is 9.32 Å². The molecular formula is C19H24N6O2S. The number of piperazine rings is 1. The van der Waals surface area contributed by atoms with Crippen LogP contribution in [-0.2, 0) is 6.54 Å². The van der Waals surface area contributed by atoms with Gasteiger partial charge in [0.25, 0.3) is 5.91 Å². The van der Waals surface area contributed by atoms with Gasteiger partial charge in [-0.05, 0) is 40.4 Å². The zero-order valence-electron chi connectivity index (χ0n) is 15.9. The van der Waals surface area contributed by atoms with Crippen LogP contribution in [-0.4, -0.2) is 62.1 Å². The summed E-state index contributed by atoms with van der Waals surface area (Å²) in [7, 11) is 0. The summed E-state index contributed by atoms with van der Waals surface area (Å²) < 4.78 is 7.16. The maximum atomic E-state index is 12.5. The molecule has 0 saturated carbocycles. The Morgan fingerprint density at radius 1 is 1.25 bits per heavy atom. The first-order valence-corrected chi connectivity index (χ1v) is 10.5. The second kappa shape index (κ2) is 8.66. The van der Waals surface area contributed by atoms with Crippen LogP contribution in [0.1, 0.15) is 47.1 Å². The molecule has 3 aromatic rings. The van der Waals surface area contributed by atoms with Gasteiger partial charge in [0.2, 0.25) is 0 Å². The zero-order chi connectivity index (χ0) is 19.3. The van der Waals surface area contributed by atoms with E-state index in [-0.39, 0.29) is 11.9 Å². The third-order valence-corrected chi connectivity index (χ3v) is 5.94. The molecule has 0 aromatic carbocycles. The van der Waals surface area contributed by atoms with Gasteiger partial charge in [0.15, 0.2) is 11.6 Å². The molecule has 4 rings (SSSR count). The smallest absolute Gasteiger partial charge is 0.289 e. The van der Waals surface area contributed by atoms with Crippen LogP contribution in [0, 0.1) is 0 Å². The van der Waals surface area contributed by atoms with Crippen LogP contribution in [0.2, 0.25) is 0 Å². The van der Waals surface area contributed by atoms with Crippen molar-refractivity contribution in [3.8, 4) is 0 Å². The molecule has 1 fully saturated rings. The predicted molar refractivity (Wildman–Crippen MR) is 105 cm³/mol. The normalized spacial score (nSPS) is 16.4. The van der Waals surface area contributed by atoms with E-state index < -0.39 is 0 Å². The summed E-state index contributed by atoms with van der Waals surface area (Å²) in [6, 6.07) is 7.76. The van der Waals surface area contributed by atoms with E-state index in [0.29, 0.717) is 25.4 Å². The number of furan rings is 1. The molecule has 0 aliphatic carbocycles. The second-order valence-corrected chi connectivity index (χ2v) is 7.92. The lowest BCUT2D eigenvalue weighted by atomic mass is 10.1. The van der Waals surface area contributed by atoms with E-state index in [2.05, 4.69) is 38.8 Å². The number of aromatic nitrogens is 4. The van der Waals surface area contributed by atoms with Crippen LogP contribution in [0.5, 0.6) is 0 Å². The summed E-state index contributed by atoms with van der Waals surface area (Å²) >= 11 is 1.71. The van der Waals surface area contributed by atoms with Gasteiger partial charge in [-0.3, -0.25) is 9.69 Å². The monoisotopic (exact) mass is 400 g/mol. The average molecular weight is 401 g/mol. The number of hydrogen-bond acceptors (Lipinski definition) is 7. The molecule has 1 saturated heterocycles. The number of amides is 1. The summed E-state index contributed by atoms with van der Waals surface area (Å²) in [6.07, 6.45) is 3.56. The Labute approximate surface area is 167 Å². The lowest BCUT2D eigenvalue weighted by molar-refractivity contribution is 0.0515. The van der Waals surface area contributed by atoms with Crippen LogP contribution in [0.15, 0.2) is 40.3 Å². The quantitative estimate of drug-likeness (QED) is 0.607. The zero-order valence-corrected chi connectivity index (χ0v) is 16.7. The molecule has 9 heteroatoms. The fraction of sp³-hybridized carbons (Fsp3) is 0.474. The van der Waals surface area contributed by atoms with Crippen LogP contribution < -0.4 is 0 Å². The topological polar surface area (TPSA) is 80.3 Å². The summed E-state index contributed by atoms with van der Waals surface area (Å²) in [4.78, 5) is 18.0. The number of nitrogens with zero attached hydrogens (tertiary/aromatic N) is 6. The number of tetrazole rings is 1. The number of carbonyl (C=O) groups is 1. The van der Waals surface area contributed by atoms with E-state index in [1.54, 1.807) is 23.5 Å². The van der Waals surface area contributed by atoms with Crippen molar-refractivity contribution in [3.05, 3.63) is 52.4 Å². The van der Waals surface area contributed by atoms with Crippen LogP contribution in [0.3, 0.4) is 0 Å². The summed E-state index contributed by atoms with van der Waals surface area (Å²) in [5.74, 6) is 1.26. The highest BCUT2D eigenvalue weighted by Crippen LogP contribution is 2.26.